The first-order valence-corrected chi connectivity index (χ1v) is 8.44. The molecule has 0 spiro atoms. The first-order valence-electron chi connectivity index (χ1n) is 7.99. The van der Waals surface area contributed by atoms with Crippen molar-refractivity contribution in [3.05, 3.63) is 92.9 Å². The minimum Gasteiger partial charge on any atom is -0.508 e. The van der Waals surface area contributed by atoms with E-state index in [9.17, 15) is 5.11 Å². The van der Waals surface area contributed by atoms with E-state index in [1.807, 2.05) is 24.3 Å². The van der Waals surface area contributed by atoms with Gasteiger partial charge < -0.3 is 5.11 Å². The summed E-state index contributed by atoms with van der Waals surface area (Å²) in [5.41, 5.74) is 6.71. The van der Waals surface area contributed by atoms with Gasteiger partial charge in [0.15, 0.2) is 0 Å². The topological polar surface area (TPSA) is 20.2 Å². The zero-order chi connectivity index (χ0) is 16.8. The second kappa shape index (κ2) is 5.57. The lowest BCUT2D eigenvalue weighted by Crippen LogP contribution is -2.26. The molecular formula is C22H18OS. The molecule has 24 heavy (non-hydrogen) atoms. The summed E-state index contributed by atoms with van der Waals surface area (Å²) in [6.07, 6.45) is 0.727. The lowest BCUT2D eigenvalue weighted by molar-refractivity contribution is 0.469. The highest BCUT2D eigenvalue weighted by Gasteiger charge is 2.22. The fourth-order valence-corrected chi connectivity index (χ4v) is 3.83. The average Bonchev–Trinajstić information content (AvgIpc) is 2.58. The van der Waals surface area contributed by atoms with Crippen LogP contribution in [0.1, 0.15) is 27.8 Å². The molecule has 1 N–H and O–H groups in total. The molecule has 0 radical (unpaired) electrons. The Bertz CT molecular complexity index is 1080. The predicted molar refractivity (Wildman–Crippen MR) is 102 cm³/mol. The summed E-state index contributed by atoms with van der Waals surface area (Å²) < 4.78 is 0. The fraction of sp³-hybridized carbons (Fsp3) is 0.0909. The molecule has 0 unspecified atom stereocenters. The van der Waals surface area contributed by atoms with Gasteiger partial charge in [-0.3, -0.25) is 0 Å². The lowest BCUT2D eigenvalue weighted by Gasteiger charge is -2.23. The molecule has 0 heterocycles. The van der Waals surface area contributed by atoms with Crippen LogP contribution in [0.5, 0.6) is 5.75 Å². The Balaban J connectivity index is 2.22. The Hall–Kier alpha value is -2.45. The van der Waals surface area contributed by atoms with Gasteiger partial charge in [-0.1, -0.05) is 49.0 Å². The molecule has 0 aliphatic heterocycles. The molecule has 0 saturated carbocycles. The average molecular weight is 330 g/mol. The van der Waals surface area contributed by atoms with Crippen LogP contribution in [0, 0.1) is 6.92 Å². The van der Waals surface area contributed by atoms with Crippen molar-refractivity contribution >= 4 is 24.8 Å². The fourth-order valence-electron chi connectivity index (χ4n) is 3.56. The molecule has 0 saturated heterocycles. The van der Waals surface area contributed by atoms with Gasteiger partial charge in [0.05, 0.1) is 0 Å². The normalized spacial score (nSPS) is 12.7. The second-order valence-corrected chi connectivity index (χ2v) is 6.73. The van der Waals surface area contributed by atoms with Crippen molar-refractivity contribution in [1.29, 1.82) is 0 Å². The predicted octanol–water partition coefficient (Wildman–Crippen LogP) is 3.55. The van der Waals surface area contributed by atoms with E-state index in [1.165, 1.54) is 16.3 Å². The number of phenols is 1. The summed E-state index contributed by atoms with van der Waals surface area (Å²) >= 11 is 4.67. The van der Waals surface area contributed by atoms with Gasteiger partial charge in [-0.05, 0) is 57.3 Å². The van der Waals surface area contributed by atoms with Crippen molar-refractivity contribution in [3.63, 3.8) is 0 Å². The molecule has 1 nitrogen and oxygen atoms in total. The van der Waals surface area contributed by atoms with Gasteiger partial charge in [-0.25, -0.2) is 0 Å². The van der Waals surface area contributed by atoms with E-state index in [0.717, 1.165) is 38.8 Å². The van der Waals surface area contributed by atoms with Crippen molar-refractivity contribution < 1.29 is 5.11 Å². The van der Waals surface area contributed by atoms with Crippen LogP contribution in [0.3, 0.4) is 0 Å². The summed E-state index contributed by atoms with van der Waals surface area (Å²) in [6.45, 7) is 6.24. The molecule has 3 aromatic carbocycles. The summed E-state index contributed by atoms with van der Waals surface area (Å²) in [7, 11) is 0. The molecule has 0 bridgehead atoms. The monoisotopic (exact) mass is 330 g/mol. The molecule has 1 aliphatic carbocycles. The largest absolute Gasteiger partial charge is 0.508 e. The maximum absolute atomic E-state index is 10.4. The van der Waals surface area contributed by atoms with E-state index in [0.29, 0.717) is 5.75 Å². The van der Waals surface area contributed by atoms with Gasteiger partial charge in [0.25, 0.3) is 0 Å². The summed E-state index contributed by atoms with van der Waals surface area (Å²) in [5, 5.41) is 12.7. The SMILES string of the molecule is C=c1ccc2c(c1C)Cc1c(O)cccc1C=2c1ccccc1S. The third-order valence-corrected chi connectivity index (χ3v) is 5.32. The van der Waals surface area contributed by atoms with E-state index in [-0.39, 0.29) is 0 Å². The van der Waals surface area contributed by atoms with E-state index in [4.69, 9.17) is 0 Å². The number of fused-ring (bicyclic) bond motifs is 2. The van der Waals surface area contributed by atoms with Crippen LogP contribution in [0.15, 0.2) is 59.5 Å². The van der Waals surface area contributed by atoms with E-state index in [1.54, 1.807) is 6.07 Å². The first-order chi connectivity index (χ1) is 11.6. The van der Waals surface area contributed by atoms with Crippen molar-refractivity contribution in [2.75, 3.05) is 0 Å². The molecule has 0 amide bonds. The molecule has 4 rings (SSSR count). The Morgan fingerprint density at radius 1 is 0.917 bits per heavy atom. The van der Waals surface area contributed by atoms with Gasteiger partial charge in [-0.15, -0.1) is 12.6 Å². The Kier molecular flexibility index (Phi) is 3.50. The number of hydrogen-bond acceptors (Lipinski definition) is 2. The van der Waals surface area contributed by atoms with E-state index >= 15 is 0 Å². The number of aromatic hydroxyl groups is 1. The molecule has 2 heteroatoms. The van der Waals surface area contributed by atoms with Crippen molar-refractivity contribution in [1.82, 2.24) is 0 Å². The number of hydrogen-bond donors (Lipinski definition) is 2. The number of rotatable bonds is 1. The lowest BCUT2D eigenvalue weighted by atomic mass is 9.81. The molecule has 0 atom stereocenters. The summed E-state index contributed by atoms with van der Waals surface area (Å²) in [4.78, 5) is 0.936. The number of phenolic OH excluding ortho intramolecular Hbond substituents is 1. The van der Waals surface area contributed by atoms with Crippen LogP contribution in [0.4, 0.5) is 0 Å². The Morgan fingerprint density at radius 3 is 2.46 bits per heavy atom. The summed E-state index contributed by atoms with van der Waals surface area (Å²) in [5.74, 6) is 0.348. The van der Waals surface area contributed by atoms with Crippen LogP contribution in [0.2, 0.25) is 0 Å². The smallest absolute Gasteiger partial charge is 0.119 e. The molecule has 3 aromatic rings. The van der Waals surface area contributed by atoms with Gasteiger partial charge >= 0.3 is 0 Å². The third kappa shape index (κ3) is 2.18. The van der Waals surface area contributed by atoms with Crippen LogP contribution in [-0.4, -0.2) is 5.11 Å². The highest BCUT2D eigenvalue weighted by atomic mass is 32.1. The van der Waals surface area contributed by atoms with Crippen LogP contribution < -0.4 is 10.4 Å². The second-order valence-electron chi connectivity index (χ2n) is 6.25. The Labute approximate surface area is 147 Å². The molecule has 1 aliphatic rings. The minimum atomic E-state index is 0.348. The highest BCUT2D eigenvalue weighted by molar-refractivity contribution is 7.80. The minimum absolute atomic E-state index is 0.348. The van der Waals surface area contributed by atoms with Crippen LogP contribution >= 0.6 is 12.6 Å². The standard InChI is InChI=1S/C22H18OS/c1-13-10-11-16-18(14(13)2)12-19-15(7-5-8-20(19)23)22(16)17-6-3-4-9-21(17)24/h3-11,23-24H,1,12H2,2H3. The number of benzene rings is 3. The first kappa shape index (κ1) is 15.1. The maximum Gasteiger partial charge on any atom is 0.119 e. The van der Waals surface area contributed by atoms with Gasteiger partial charge in [0.1, 0.15) is 5.75 Å². The van der Waals surface area contributed by atoms with Gasteiger partial charge in [0.2, 0.25) is 0 Å². The van der Waals surface area contributed by atoms with Crippen molar-refractivity contribution in [3.8, 4) is 5.75 Å². The number of thiol groups is 1. The van der Waals surface area contributed by atoms with Crippen molar-refractivity contribution in [2.45, 2.75) is 18.2 Å². The van der Waals surface area contributed by atoms with E-state index < -0.39 is 0 Å². The Morgan fingerprint density at radius 2 is 1.67 bits per heavy atom. The van der Waals surface area contributed by atoms with Crippen LogP contribution in [0.25, 0.3) is 12.2 Å². The molecule has 0 fully saturated rings. The molecule has 0 aromatic heterocycles. The van der Waals surface area contributed by atoms with Gasteiger partial charge in [-0.2, -0.15) is 0 Å². The van der Waals surface area contributed by atoms with Gasteiger partial charge in [0, 0.05) is 16.9 Å². The molecular weight excluding hydrogens is 312 g/mol. The van der Waals surface area contributed by atoms with E-state index in [2.05, 4.69) is 50.4 Å². The maximum atomic E-state index is 10.4. The van der Waals surface area contributed by atoms with Crippen LogP contribution in [-0.2, 0) is 6.42 Å². The summed E-state index contributed by atoms with van der Waals surface area (Å²) in [6, 6.07) is 18.1. The highest BCUT2D eigenvalue weighted by Crippen LogP contribution is 2.36. The van der Waals surface area contributed by atoms with Crippen molar-refractivity contribution in [2.24, 2.45) is 0 Å². The molecule has 118 valence electrons. The zero-order valence-corrected chi connectivity index (χ0v) is 14.4. The zero-order valence-electron chi connectivity index (χ0n) is 13.5. The third-order valence-electron chi connectivity index (χ3n) is 4.93. The quantitative estimate of drug-likeness (QED) is 0.512.